The third kappa shape index (κ3) is 2.85. The summed E-state index contributed by atoms with van der Waals surface area (Å²) in [4.78, 5) is 12.5. The number of rotatable bonds is 2. The SMILES string of the molecule is Nc1ccc(Cl)c(C(=O)c2c(Cl)cc(Cl)c(Cl)c2Cl)c1. The molecule has 2 aromatic rings. The van der Waals surface area contributed by atoms with E-state index < -0.39 is 5.78 Å². The van der Waals surface area contributed by atoms with E-state index in [0.717, 1.165) is 0 Å². The molecule has 2 rings (SSSR count). The van der Waals surface area contributed by atoms with Gasteiger partial charge >= 0.3 is 0 Å². The number of hydrogen-bond acceptors (Lipinski definition) is 2. The van der Waals surface area contributed by atoms with Crippen molar-refractivity contribution in [1.82, 2.24) is 0 Å². The maximum Gasteiger partial charge on any atom is 0.197 e. The smallest absolute Gasteiger partial charge is 0.197 e. The van der Waals surface area contributed by atoms with Crippen molar-refractivity contribution in [3.05, 3.63) is 60.5 Å². The number of ketones is 1. The van der Waals surface area contributed by atoms with Gasteiger partial charge in [-0.05, 0) is 24.3 Å². The first kappa shape index (κ1) is 15.7. The molecule has 2 nitrogen and oxygen atoms in total. The fourth-order valence-corrected chi connectivity index (χ4v) is 2.91. The summed E-state index contributed by atoms with van der Waals surface area (Å²) in [7, 11) is 0. The molecular weight excluding hydrogens is 363 g/mol. The Morgan fingerprint density at radius 1 is 0.850 bits per heavy atom. The van der Waals surface area contributed by atoms with Crippen molar-refractivity contribution >= 4 is 69.5 Å². The van der Waals surface area contributed by atoms with Crippen LogP contribution in [0.5, 0.6) is 0 Å². The Balaban J connectivity index is 2.66. The third-order valence-corrected chi connectivity index (χ3v) is 4.47. The molecule has 0 radical (unpaired) electrons. The summed E-state index contributed by atoms with van der Waals surface area (Å²) in [6, 6.07) is 5.89. The molecule has 0 heterocycles. The lowest BCUT2D eigenvalue weighted by Gasteiger charge is -2.10. The number of carbonyl (C=O) groups is 1. The van der Waals surface area contributed by atoms with Gasteiger partial charge in [0.25, 0.3) is 0 Å². The number of carbonyl (C=O) groups excluding carboxylic acids is 1. The van der Waals surface area contributed by atoms with Crippen molar-refractivity contribution in [3.63, 3.8) is 0 Å². The summed E-state index contributed by atoms with van der Waals surface area (Å²) in [5, 5.41) is 0.529. The highest BCUT2D eigenvalue weighted by molar-refractivity contribution is 6.51. The molecule has 20 heavy (non-hydrogen) atoms. The van der Waals surface area contributed by atoms with Gasteiger partial charge in [0.2, 0.25) is 0 Å². The van der Waals surface area contributed by atoms with Crippen LogP contribution in [0.2, 0.25) is 25.1 Å². The molecule has 2 aromatic carbocycles. The molecule has 0 amide bonds. The molecule has 0 unspecified atom stereocenters. The lowest BCUT2D eigenvalue weighted by molar-refractivity contribution is 0.103. The van der Waals surface area contributed by atoms with Crippen molar-refractivity contribution in [3.8, 4) is 0 Å². The second kappa shape index (κ2) is 6.00. The molecule has 2 N–H and O–H groups in total. The van der Waals surface area contributed by atoms with Gasteiger partial charge in [-0.3, -0.25) is 4.79 Å². The van der Waals surface area contributed by atoms with Gasteiger partial charge in [-0.15, -0.1) is 0 Å². The zero-order chi connectivity index (χ0) is 15.0. The van der Waals surface area contributed by atoms with Crippen LogP contribution in [0.25, 0.3) is 0 Å². The van der Waals surface area contributed by atoms with E-state index in [0.29, 0.717) is 5.69 Å². The summed E-state index contributed by atoms with van der Waals surface area (Å²) in [5.41, 5.74) is 6.27. The maximum atomic E-state index is 12.5. The van der Waals surface area contributed by atoms with Crippen LogP contribution in [0.3, 0.4) is 0 Å². The molecule has 0 saturated heterocycles. The second-order valence-corrected chi connectivity index (χ2v) is 5.89. The summed E-state index contributed by atoms with van der Waals surface area (Å²) < 4.78 is 0. The Bertz CT molecular complexity index is 714. The Kier molecular flexibility index (Phi) is 4.73. The molecule has 0 atom stereocenters. The Labute approximate surface area is 140 Å². The van der Waals surface area contributed by atoms with Crippen molar-refractivity contribution in [2.45, 2.75) is 0 Å². The van der Waals surface area contributed by atoms with Crippen LogP contribution >= 0.6 is 58.0 Å². The minimum atomic E-state index is -0.476. The number of anilines is 1. The molecule has 0 aliphatic carbocycles. The second-order valence-electron chi connectivity index (χ2n) is 3.91. The van der Waals surface area contributed by atoms with Gasteiger partial charge in [0, 0.05) is 11.3 Å². The standard InChI is InChI=1S/C13H6Cl5NO/c14-7-2-1-5(19)3-6(7)13(20)10-8(15)4-9(16)11(17)12(10)18/h1-4H,19H2. The summed E-state index contributed by atoms with van der Waals surface area (Å²) in [6.45, 7) is 0. The molecule has 0 aromatic heterocycles. The van der Waals surface area contributed by atoms with Gasteiger partial charge in [0.15, 0.2) is 5.78 Å². The predicted octanol–water partition coefficient (Wildman–Crippen LogP) is 5.77. The number of halogens is 5. The summed E-state index contributed by atoms with van der Waals surface area (Å²) in [6.07, 6.45) is 0. The number of benzene rings is 2. The van der Waals surface area contributed by atoms with Crippen LogP contribution < -0.4 is 5.73 Å². The Morgan fingerprint density at radius 3 is 2.15 bits per heavy atom. The highest BCUT2D eigenvalue weighted by atomic mass is 35.5. The van der Waals surface area contributed by atoms with Gasteiger partial charge in [-0.2, -0.15) is 0 Å². The largest absolute Gasteiger partial charge is 0.399 e. The topological polar surface area (TPSA) is 43.1 Å². The van der Waals surface area contributed by atoms with Gasteiger partial charge < -0.3 is 5.73 Å². The minimum absolute atomic E-state index is 0.0207. The van der Waals surface area contributed by atoms with E-state index in [-0.39, 0.29) is 36.2 Å². The van der Waals surface area contributed by atoms with Crippen LogP contribution in [0.4, 0.5) is 5.69 Å². The number of nitrogens with two attached hydrogens (primary N) is 1. The average molecular weight is 369 g/mol. The highest BCUT2D eigenvalue weighted by Gasteiger charge is 2.22. The van der Waals surface area contributed by atoms with Crippen molar-refractivity contribution in [2.24, 2.45) is 0 Å². The van der Waals surface area contributed by atoms with E-state index >= 15 is 0 Å². The van der Waals surface area contributed by atoms with Gasteiger partial charge in [-0.1, -0.05) is 58.0 Å². The number of hydrogen-bond donors (Lipinski definition) is 1. The van der Waals surface area contributed by atoms with Gasteiger partial charge in [0.1, 0.15) is 0 Å². The van der Waals surface area contributed by atoms with Crippen LogP contribution in [0, 0.1) is 0 Å². The van der Waals surface area contributed by atoms with Crippen LogP contribution in [0.15, 0.2) is 24.3 Å². The van der Waals surface area contributed by atoms with Crippen LogP contribution in [-0.2, 0) is 0 Å². The zero-order valence-corrected chi connectivity index (χ0v) is 13.5. The van der Waals surface area contributed by atoms with Crippen LogP contribution in [0.1, 0.15) is 15.9 Å². The maximum absolute atomic E-state index is 12.5. The van der Waals surface area contributed by atoms with Crippen molar-refractivity contribution in [2.75, 3.05) is 5.73 Å². The summed E-state index contributed by atoms with van der Waals surface area (Å²) >= 11 is 29.8. The Morgan fingerprint density at radius 2 is 1.50 bits per heavy atom. The monoisotopic (exact) mass is 367 g/mol. The first-order valence-corrected chi connectivity index (χ1v) is 7.14. The van der Waals surface area contributed by atoms with E-state index in [1.807, 2.05) is 0 Å². The van der Waals surface area contributed by atoms with E-state index in [1.54, 1.807) is 6.07 Å². The minimum Gasteiger partial charge on any atom is -0.399 e. The molecule has 0 aliphatic heterocycles. The molecule has 7 heteroatoms. The van der Waals surface area contributed by atoms with E-state index in [2.05, 4.69) is 0 Å². The van der Waals surface area contributed by atoms with Gasteiger partial charge in [-0.25, -0.2) is 0 Å². The molecule has 0 spiro atoms. The molecule has 104 valence electrons. The lowest BCUT2D eigenvalue weighted by atomic mass is 10.0. The van der Waals surface area contributed by atoms with Gasteiger partial charge in [0.05, 0.1) is 30.7 Å². The molecule has 0 bridgehead atoms. The lowest BCUT2D eigenvalue weighted by Crippen LogP contribution is -2.05. The first-order valence-electron chi connectivity index (χ1n) is 5.25. The average Bonchev–Trinajstić information content (AvgIpc) is 2.39. The highest BCUT2D eigenvalue weighted by Crippen LogP contribution is 2.39. The van der Waals surface area contributed by atoms with Crippen molar-refractivity contribution in [1.29, 1.82) is 0 Å². The normalized spacial score (nSPS) is 10.7. The molecule has 0 saturated carbocycles. The van der Waals surface area contributed by atoms with Crippen LogP contribution in [-0.4, -0.2) is 5.78 Å². The first-order chi connectivity index (χ1) is 9.32. The molecule has 0 aliphatic rings. The van der Waals surface area contributed by atoms with E-state index in [1.165, 1.54) is 18.2 Å². The fraction of sp³-hybridized carbons (Fsp3) is 0. The Hall–Kier alpha value is -0.640. The predicted molar refractivity (Wildman–Crippen MR) is 85.8 cm³/mol. The molecule has 0 fully saturated rings. The fourth-order valence-electron chi connectivity index (χ4n) is 1.63. The third-order valence-electron chi connectivity index (χ3n) is 2.58. The van der Waals surface area contributed by atoms with E-state index in [9.17, 15) is 4.79 Å². The quantitative estimate of drug-likeness (QED) is 0.316. The zero-order valence-electron chi connectivity index (χ0n) is 9.68. The molecular formula is C13H6Cl5NO. The number of nitrogen functional groups attached to an aromatic ring is 1. The summed E-state index contributed by atoms with van der Waals surface area (Å²) in [5.74, 6) is -0.476. The van der Waals surface area contributed by atoms with Crippen molar-refractivity contribution < 1.29 is 4.79 Å². The van der Waals surface area contributed by atoms with E-state index in [4.69, 9.17) is 63.7 Å².